The molecule has 7 nitrogen and oxygen atoms in total. The molecule has 1 aromatic carbocycles. The van der Waals surface area contributed by atoms with Crippen molar-refractivity contribution in [3.63, 3.8) is 0 Å². The molecular formula is C20H20N4O3. The first kappa shape index (κ1) is 17.2. The Balaban J connectivity index is 1.74. The lowest BCUT2D eigenvalue weighted by molar-refractivity contribution is 0.0735. The molecule has 4 rings (SSSR count). The largest absolute Gasteiger partial charge is 0.332 e. The van der Waals surface area contributed by atoms with Gasteiger partial charge in [0, 0.05) is 31.0 Å². The van der Waals surface area contributed by atoms with Crippen LogP contribution in [0.2, 0.25) is 0 Å². The van der Waals surface area contributed by atoms with Crippen molar-refractivity contribution in [1.82, 2.24) is 19.4 Å². The van der Waals surface area contributed by atoms with Crippen LogP contribution in [-0.2, 0) is 6.54 Å². The third kappa shape index (κ3) is 2.95. The predicted molar refractivity (Wildman–Crippen MR) is 102 cm³/mol. The minimum atomic E-state index is -0.676. The highest BCUT2D eigenvalue weighted by molar-refractivity contribution is 5.97. The van der Waals surface area contributed by atoms with Crippen molar-refractivity contribution in [1.29, 1.82) is 0 Å². The molecule has 7 heteroatoms. The van der Waals surface area contributed by atoms with Crippen LogP contribution in [0.1, 0.15) is 41.7 Å². The van der Waals surface area contributed by atoms with Crippen LogP contribution in [-0.4, -0.2) is 31.9 Å². The Morgan fingerprint density at radius 1 is 1.22 bits per heavy atom. The summed E-state index contributed by atoms with van der Waals surface area (Å²) in [5, 5.41) is 0. The molecule has 1 atom stereocenters. The van der Waals surface area contributed by atoms with Gasteiger partial charge in [-0.25, -0.2) is 0 Å². The van der Waals surface area contributed by atoms with E-state index in [2.05, 4.69) is 9.97 Å². The number of nitrogens with zero attached hydrogens (tertiary/aromatic N) is 3. The molecule has 0 bridgehead atoms. The summed E-state index contributed by atoms with van der Waals surface area (Å²) in [6, 6.07) is 9.01. The maximum absolute atomic E-state index is 13.1. The Hall–Kier alpha value is -3.22. The summed E-state index contributed by atoms with van der Waals surface area (Å²) in [4.78, 5) is 45.5. The molecular weight excluding hydrogens is 344 g/mol. The fourth-order valence-corrected chi connectivity index (χ4v) is 3.83. The van der Waals surface area contributed by atoms with E-state index in [1.54, 1.807) is 30.6 Å². The average Bonchev–Trinajstić information content (AvgIpc) is 3.18. The first-order valence-electron chi connectivity index (χ1n) is 9.08. The maximum Gasteiger partial charge on any atom is 0.316 e. The molecule has 0 radical (unpaired) electrons. The van der Waals surface area contributed by atoms with E-state index in [1.807, 2.05) is 24.0 Å². The van der Waals surface area contributed by atoms with E-state index < -0.39 is 11.1 Å². The lowest BCUT2D eigenvalue weighted by atomic mass is 10.1. The molecule has 1 aliphatic heterocycles. The van der Waals surface area contributed by atoms with Crippen molar-refractivity contribution in [2.45, 2.75) is 32.4 Å². The molecule has 1 fully saturated rings. The smallest absolute Gasteiger partial charge is 0.316 e. The number of rotatable bonds is 3. The van der Waals surface area contributed by atoms with E-state index in [0.29, 0.717) is 29.7 Å². The molecule has 1 aliphatic rings. The molecule has 3 heterocycles. The Morgan fingerprint density at radius 3 is 2.74 bits per heavy atom. The van der Waals surface area contributed by atoms with Gasteiger partial charge in [-0.05, 0) is 55.7 Å². The zero-order valence-corrected chi connectivity index (χ0v) is 15.0. The number of aryl methyl sites for hydroxylation is 1. The van der Waals surface area contributed by atoms with Crippen LogP contribution in [0.4, 0.5) is 0 Å². The summed E-state index contributed by atoms with van der Waals surface area (Å²) < 4.78 is 1.41. The van der Waals surface area contributed by atoms with Gasteiger partial charge >= 0.3 is 11.1 Å². The lowest BCUT2D eigenvalue weighted by Crippen LogP contribution is -2.36. The minimum Gasteiger partial charge on any atom is -0.332 e. The number of amides is 1. The van der Waals surface area contributed by atoms with Gasteiger partial charge in [-0.2, -0.15) is 0 Å². The second-order valence-corrected chi connectivity index (χ2v) is 6.67. The number of likely N-dealkylation sites (tertiary alicyclic amines) is 1. The van der Waals surface area contributed by atoms with Crippen LogP contribution < -0.4 is 11.1 Å². The molecule has 0 aliphatic carbocycles. The maximum atomic E-state index is 13.1. The standard InChI is InChI=1S/C20H20N4O3/c1-2-23-17-6-5-14(12-15(17)22-18(25)20(23)27)19(26)24-11-3-4-16(24)13-7-9-21-10-8-13/h5-10,12,16H,2-4,11H2,1H3,(H,22,25)/t16-/m0/s1. The highest BCUT2D eigenvalue weighted by atomic mass is 16.2. The normalized spacial score (nSPS) is 16.8. The molecule has 3 aromatic rings. The number of aromatic amines is 1. The van der Waals surface area contributed by atoms with Gasteiger partial charge in [0.05, 0.1) is 17.1 Å². The number of hydrogen-bond acceptors (Lipinski definition) is 4. The summed E-state index contributed by atoms with van der Waals surface area (Å²) >= 11 is 0. The van der Waals surface area contributed by atoms with E-state index in [-0.39, 0.29) is 11.9 Å². The van der Waals surface area contributed by atoms with Gasteiger partial charge in [0.1, 0.15) is 0 Å². The Morgan fingerprint density at radius 2 is 2.00 bits per heavy atom. The molecule has 1 N–H and O–H groups in total. The number of H-pyrrole nitrogens is 1. The number of carbonyl (C=O) groups is 1. The highest BCUT2D eigenvalue weighted by Gasteiger charge is 2.30. The second kappa shape index (κ2) is 6.83. The van der Waals surface area contributed by atoms with Crippen LogP contribution in [0.3, 0.4) is 0 Å². The third-order valence-corrected chi connectivity index (χ3v) is 5.14. The molecule has 1 saturated heterocycles. The second-order valence-electron chi connectivity index (χ2n) is 6.67. The summed E-state index contributed by atoms with van der Waals surface area (Å²) in [5.41, 5.74) is 1.43. The zero-order chi connectivity index (χ0) is 19.0. The number of aromatic nitrogens is 3. The van der Waals surface area contributed by atoms with Crippen molar-refractivity contribution in [3.8, 4) is 0 Å². The van der Waals surface area contributed by atoms with Gasteiger partial charge in [-0.15, -0.1) is 0 Å². The van der Waals surface area contributed by atoms with E-state index in [4.69, 9.17) is 0 Å². The van der Waals surface area contributed by atoms with Crippen molar-refractivity contribution >= 4 is 16.9 Å². The monoisotopic (exact) mass is 364 g/mol. The summed E-state index contributed by atoms with van der Waals surface area (Å²) in [5.74, 6) is -0.0775. The molecule has 138 valence electrons. The number of pyridine rings is 1. The fraction of sp³-hybridized carbons (Fsp3) is 0.300. The van der Waals surface area contributed by atoms with E-state index >= 15 is 0 Å². The fourth-order valence-electron chi connectivity index (χ4n) is 3.83. The highest BCUT2D eigenvalue weighted by Crippen LogP contribution is 2.33. The molecule has 1 amide bonds. The number of benzene rings is 1. The minimum absolute atomic E-state index is 0.0276. The molecule has 0 spiro atoms. The van der Waals surface area contributed by atoms with Gasteiger partial charge in [-0.1, -0.05) is 0 Å². The van der Waals surface area contributed by atoms with Gasteiger partial charge in [0.2, 0.25) is 0 Å². The third-order valence-electron chi connectivity index (χ3n) is 5.14. The average molecular weight is 364 g/mol. The van der Waals surface area contributed by atoms with E-state index in [1.165, 1.54) is 4.57 Å². The molecule has 2 aromatic heterocycles. The van der Waals surface area contributed by atoms with E-state index in [0.717, 1.165) is 18.4 Å². The van der Waals surface area contributed by atoms with E-state index in [9.17, 15) is 14.4 Å². The van der Waals surface area contributed by atoms with Gasteiger partial charge in [-0.3, -0.25) is 19.4 Å². The van der Waals surface area contributed by atoms with Crippen molar-refractivity contribution in [2.24, 2.45) is 0 Å². The van der Waals surface area contributed by atoms with Crippen LogP contribution in [0.5, 0.6) is 0 Å². The van der Waals surface area contributed by atoms with Gasteiger partial charge in [0.25, 0.3) is 5.91 Å². The molecule has 0 unspecified atom stereocenters. The molecule has 0 saturated carbocycles. The van der Waals surface area contributed by atoms with Crippen molar-refractivity contribution in [3.05, 3.63) is 74.6 Å². The Labute approximate surface area is 155 Å². The van der Waals surface area contributed by atoms with Crippen molar-refractivity contribution in [2.75, 3.05) is 6.54 Å². The quantitative estimate of drug-likeness (QED) is 0.721. The summed E-state index contributed by atoms with van der Waals surface area (Å²) in [6.45, 7) is 2.89. The number of fused-ring (bicyclic) bond motifs is 1. The van der Waals surface area contributed by atoms with Crippen LogP contribution in [0.15, 0.2) is 52.3 Å². The Kier molecular flexibility index (Phi) is 4.35. The summed E-state index contributed by atoms with van der Waals surface area (Å²) in [7, 11) is 0. The van der Waals surface area contributed by atoms with Crippen molar-refractivity contribution < 1.29 is 4.79 Å². The molecule has 27 heavy (non-hydrogen) atoms. The zero-order valence-electron chi connectivity index (χ0n) is 15.0. The first-order chi connectivity index (χ1) is 13.1. The Bertz CT molecular complexity index is 1120. The number of nitrogens with one attached hydrogen (secondary N) is 1. The summed E-state index contributed by atoms with van der Waals surface area (Å²) in [6.07, 6.45) is 5.33. The predicted octanol–water partition coefficient (Wildman–Crippen LogP) is 2.08. The number of carbonyl (C=O) groups excluding carboxylic acids is 1. The van der Waals surface area contributed by atoms with Crippen LogP contribution in [0, 0.1) is 0 Å². The first-order valence-corrected chi connectivity index (χ1v) is 9.08. The van der Waals surface area contributed by atoms with Crippen LogP contribution >= 0.6 is 0 Å². The van der Waals surface area contributed by atoms with Crippen LogP contribution in [0.25, 0.3) is 11.0 Å². The lowest BCUT2D eigenvalue weighted by Gasteiger charge is -2.25. The van der Waals surface area contributed by atoms with Gasteiger partial charge < -0.3 is 14.5 Å². The number of hydrogen-bond donors (Lipinski definition) is 1. The topological polar surface area (TPSA) is 88.1 Å². The SMILES string of the molecule is CCn1c(=O)c(=O)[nH]c2cc(C(=O)N3CCC[C@H]3c3ccncc3)ccc21. The van der Waals surface area contributed by atoms with Gasteiger partial charge in [0.15, 0.2) is 0 Å².